The molecule has 0 saturated carbocycles. The van der Waals surface area contributed by atoms with Crippen molar-refractivity contribution in [3.63, 3.8) is 0 Å². The number of hydrogen-bond acceptors (Lipinski definition) is 8. The number of hydrogen-bond donors (Lipinski definition) is 2. The Morgan fingerprint density at radius 3 is 2.61 bits per heavy atom. The summed E-state index contributed by atoms with van der Waals surface area (Å²) in [6.07, 6.45) is 0.955. The zero-order chi connectivity index (χ0) is 24.4. The highest BCUT2D eigenvalue weighted by Gasteiger charge is 2.28. The van der Waals surface area contributed by atoms with Gasteiger partial charge in [0.2, 0.25) is 0 Å². The molecule has 33 heavy (non-hydrogen) atoms. The quantitative estimate of drug-likeness (QED) is 0.512. The Hall–Kier alpha value is -2.93. The molecule has 0 saturated heterocycles. The number of fused-ring (bicyclic) bond motifs is 1. The van der Waals surface area contributed by atoms with Crippen LogP contribution in [0.25, 0.3) is 11.0 Å². The SMILES string of the molecule is COc1c([C@H](C)n2nc(C)c3c(N)ncnc32)cc(Cl)c(C#N)c1C(C)CN(C)C[C@@H](C)O. The van der Waals surface area contributed by atoms with Gasteiger partial charge in [-0.2, -0.15) is 10.4 Å². The van der Waals surface area contributed by atoms with Gasteiger partial charge in [-0.3, -0.25) is 0 Å². The molecule has 1 unspecified atom stereocenters. The molecule has 2 heterocycles. The number of ether oxygens (including phenoxy) is 1. The second-order valence-electron chi connectivity index (χ2n) is 8.52. The lowest BCUT2D eigenvalue weighted by molar-refractivity contribution is 0.138. The summed E-state index contributed by atoms with van der Waals surface area (Å²) in [4.78, 5) is 10.5. The minimum absolute atomic E-state index is 0.0860. The largest absolute Gasteiger partial charge is 0.496 e. The number of aromatic nitrogens is 4. The van der Waals surface area contributed by atoms with Crippen molar-refractivity contribution in [1.82, 2.24) is 24.6 Å². The normalized spacial score (nSPS) is 14.3. The van der Waals surface area contributed by atoms with Crippen molar-refractivity contribution < 1.29 is 9.84 Å². The maximum Gasteiger partial charge on any atom is 0.164 e. The summed E-state index contributed by atoms with van der Waals surface area (Å²) >= 11 is 6.60. The Morgan fingerprint density at radius 2 is 2.00 bits per heavy atom. The number of aliphatic hydroxyl groups excluding tert-OH is 1. The second-order valence-corrected chi connectivity index (χ2v) is 8.92. The van der Waals surface area contributed by atoms with Crippen molar-refractivity contribution in [2.24, 2.45) is 0 Å². The molecule has 0 aliphatic rings. The number of methoxy groups -OCH3 is 1. The van der Waals surface area contributed by atoms with E-state index < -0.39 is 6.10 Å². The van der Waals surface area contributed by atoms with Crippen molar-refractivity contribution in [1.29, 1.82) is 5.26 Å². The van der Waals surface area contributed by atoms with E-state index in [0.29, 0.717) is 46.3 Å². The lowest BCUT2D eigenvalue weighted by Crippen LogP contribution is -2.31. The van der Waals surface area contributed by atoms with Crippen LogP contribution < -0.4 is 10.5 Å². The van der Waals surface area contributed by atoms with Gasteiger partial charge in [0.1, 0.15) is 24.0 Å². The first kappa shape index (κ1) is 24.7. The Kier molecular flexibility index (Phi) is 7.42. The fourth-order valence-electron chi connectivity index (χ4n) is 4.45. The van der Waals surface area contributed by atoms with Gasteiger partial charge in [0.25, 0.3) is 0 Å². The Bertz CT molecular complexity index is 1200. The van der Waals surface area contributed by atoms with Crippen LogP contribution in [0, 0.1) is 18.3 Å². The number of nitrogen functional groups attached to an aromatic ring is 1. The molecule has 10 heteroatoms. The minimum Gasteiger partial charge on any atom is -0.496 e. The van der Waals surface area contributed by atoms with Crippen LogP contribution >= 0.6 is 11.6 Å². The first-order valence-corrected chi connectivity index (χ1v) is 11.1. The third-order valence-corrected chi connectivity index (χ3v) is 6.08. The van der Waals surface area contributed by atoms with Crippen molar-refractivity contribution in [3.05, 3.63) is 39.8 Å². The van der Waals surface area contributed by atoms with Crippen molar-refractivity contribution in [2.45, 2.75) is 45.8 Å². The number of nitrogens with zero attached hydrogens (tertiary/aromatic N) is 6. The molecule has 0 fully saturated rings. The molecular formula is C23H30ClN7O2. The molecule has 3 atom stereocenters. The van der Waals surface area contributed by atoms with E-state index in [4.69, 9.17) is 22.1 Å². The Morgan fingerprint density at radius 1 is 1.30 bits per heavy atom. The van der Waals surface area contributed by atoms with Gasteiger partial charge in [-0.15, -0.1) is 0 Å². The smallest absolute Gasteiger partial charge is 0.164 e. The van der Waals surface area contributed by atoms with Gasteiger partial charge in [-0.25, -0.2) is 14.6 Å². The number of likely N-dealkylation sites (N-methyl/N-ethyl adjacent to an activating group) is 1. The maximum absolute atomic E-state index is 9.88. The molecule has 176 valence electrons. The summed E-state index contributed by atoms with van der Waals surface area (Å²) in [7, 11) is 3.52. The monoisotopic (exact) mass is 471 g/mol. The predicted molar refractivity (Wildman–Crippen MR) is 129 cm³/mol. The molecule has 0 aliphatic carbocycles. The van der Waals surface area contributed by atoms with Crippen molar-refractivity contribution in [2.75, 3.05) is 33.0 Å². The topological polar surface area (TPSA) is 126 Å². The van der Waals surface area contributed by atoms with E-state index in [1.54, 1.807) is 24.8 Å². The standard InChI is InChI=1S/C23H30ClN7O2/c1-12(9-30(5)10-13(2)32)19-17(8-25)18(24)7-16(21(19)33-6)15(4)31-23-20(14(3)29-31)22(26)27-11-28-23/h7,11-13,15,32H,9-10H2,1-6H3,(H2,26,27,28)/t12?,13-,15+/m1/s1. The fourth-order valence-corrected chi connectivity index (χ4v) is 4.71. The van der Waals surface area contributed by atoms with Crippen LogP contribution in [0.15, 0.2) is 12.4 Å². The van der Waals surface area contributed by atoms with Gasteiger partial charge < -0.3 is 20.5 Å². The average Bonchev–Trinajstić information content (AvgIpc) is 3.09. The average molecular weight is 472 g/mol. The van der Waals surface area contributed by atoms with Gasteiger partial charge in [0, 0.05) is 24.2 Å². The highest BCUT2D eigenvalue weighted by atomic mass is 35.5. The molecule has 1 aromatic carbocycles. The van der Waals surface area contributed by atoms with Crippen LogP contribution in [0.3, 0.4) is 0 Å². The molecule has 0 spiro atoms. The van der Waals surface area contributed by atoms with Gasteiger partial charge in [-0.1, -0.05) is 18.5 Å². The van der Waals surface area contributed by atoms with E-state index in [2.05, 4.69) is 21.1 Å². The van der Waals surface area contributed by atoms with E-state index in [0.717, 1.165) is 16.8 Å². The molecule has 2 aromatic heterocycles. The van der Waals surface area contributed by atoms with Gasteiger partial charge >= 0.3 is 0 Å². The summed E-state index contributed by atoms with van der Waals surface area (Å²) in [5.74, 6) is 0.873. The van der Waals surface area contributed by atoms with Crippen LogP contribution in [0.5, 0.6) is 5.75 Å². The van der Waals surface area contributed by atoms with Crippen LogP contribution in [-0.4, -0.2) is 63.1 Å². The fraction of sp³-hybridized carbons (Fsp3) is 0.478. The number of rotatable bonds is 8. The maximum atomic E-state index is 9.88. The number of nitriles is 1. The van der Waals surface area contributed by atoms with Crippen LogP contribution in [0.1, 0.15) is 55.1 Å². The molecule has 0 aliphatic heterocycles. The number of nitrogens with two attached hydrogens (primary N) is 1. The van der Waals surface area contributed by atoms with Crippen LogP contribution in [-0.2, 0) is 0 Å². The molecule has 0 radical (unpaired) electrons. The molecule has 3 rings (SSSR count). The zero-order valence-corrected chi connectivity index (χ0v) is 20.6. The van der Waals surface area contributed by atoms with Crippen molar-refractivity contribution >= 4 is 28.5 Å². The van der Waals surface area contributed by atoms with E-state index in [-0.39, 0.29) is 12.0 Å². The van der Waals surface area contributed by atoms with E-state index >= 15 is 0 Å². The molecule has 0 bridgehead atoms. The second kappa shape index (κ2) is 9.91. The first-order chi connectivity index (χ1) is 15.6. The number of benzene rings is 1. The molecule has 3 aromatic rings. The Balaban J connectivity index is 2.16. The highest BCUT2D eigenvalue weighted by molar-refractivity contribution is 6.32. The van der Waals surface area contributed by atoms with Gasteiger partial charge in [-0.05, 0) is 39.8 Å². The lowest BCUT2D eigenvalue weighted by Gasteiger charge is -2.27. The minimum atomic E-state index is -0.458. The van der Waals surface area contributed by atoms with Gasteiger partial charge in [0.05, 0.1) is 40.9 Å². The first-order valence-electron chi connectivity index (χ1n) is 10.7. The Labute approximate surface area is 198 Å². The zero-order valence-electron chi connectivity index (χ0n) is 19.8. The highest BCUT2D eigenvalue weighted by Crippen LogP contribution is 2.41. The summed E-state index contributed by atoms with van der Waals surface area (Å²) in [6, 6.07) is 3.69. The summed E-state index contributed by atoms with van der Waals surface area (Å²) in [5.41, 5.74) is 9.30. The summed E-state index contributed by atoms with van der Waals surface area (Å²) in [5, 5.41) is 25.3. The van der Waals surface area contributed by atoms with E-state index in [1.807, 2.05) is 32.7 Å². The van der Waals surface area contributed by atoms with E-state index in [9.17, 15) is 10.4 Å². The van der Waals surface area contributed by atoms with Crippen molar-refractivity contribution in [3.8, 4) is 11.8 Å². The molecule has 0 amide bonds. The third kappa shape index (κ3) is 4.74. The van der Waals surface area contributed by atoms with Crippen LogP contribution in [0.4, 0.5) is 5.82 Å². The number of halogens is 1. The molecular weight excluding hydrogens is 442 g/mol. The molecule has 9 nitrogen and oxygen atoms in total. The number of aliphatic hydroxyl groups is 1. The summed E-state index contributed by atoms with van der Waals surface area (Å²) < 4.78 is 7.64. The molecule has 3 N–H and O–H groups in total. The van der Waals surface area contributed by atoms with Gasteiger partial charge in [0.15, 0.2) is 5.65 Å². The number of aryl methyl sites for hydroxylation is 1. The number of anilines is 1. The summed E-state index contributed by atoms with van der Waals surface area (Å²) in [6.45, 7) is 8.71. The van der Waals surface area contributed by atoms with Crippen LogP contribution in [0.2, 0.25) is 5.02 Å². The predicted octanol–water partition coefficient (Wildman–Crippen LogP) is 3.28. The van der Waals surface area contributed by atoms with E-state index in [1.165, 1.54) is 6.33 Å². The third-order valence-electron chi connectivity index (χ3n) is 5.78. The lowest BCUT2D eigenvalue weighted by atomic mass is 9.90.